The quantitative estimate of drug-likeness (QED) is 0.847. The van der Waals surface area contributed by atoms with E-state index in [2.05, 4.69) is 22.3 Å². The summed E-state index contributed by atoms with van der Waals surface area (Å²) in [5, 5.41) is 13.7. The summed E-state index contributed by atoms with van der Waals surface area (Å²) in [6.07, 6.45) is 2.23. The van der Waals surface area contributed by atoms with Crippen molar-refractivity contribution in [2.75, 3.05) is 26.2 Å². The van der Waals surface area contributed by atoms with Gasteiger partial charge in [-0.05, 0) is 63.0 Å². The molecular formula is C16H25ClN2O. The molecule has 1 saturated heterocycles. The molecule has 0 radical (unpaired) electrons. The normalized spacial score (nSPS) is 19.1. The van der Waals surface area contributed by atoms with Crippen molar-refractivity contribution in [3.63, 3.8) is 0 Å². The Kier molecular flexibility index (Phi) is 6.30. The van der Waals surface area contributed by atoms with E-state index in [9.17, 15) is 5.11 Å². The van der Waals surface area contributed by atoms with Gasteiger partial charge in [-0.15, -0.1) is 0 Å². The predicted octanol–water partition coefficient (Wildman–Crippen LogP) is 2.52. The van der Waals surface area contributed by atoms with Crippen molar-refractivity contribution in [1.82, 2.24) is 10.2 Å². The van der Waals surface area contributed by atoms with Crippen LogP contribution in [0.4, 0.5) is 0 Å². The van der Waals surface area contributed by atoms with Gasteiger partial charge >= 0.3 is 0 Å². The van der Waals surface area contributed by atoms with E-state index in [0.717, 1.165) is 43.7 Å². The van der Waals surface area contributed by atoms with Crippen molar-refractivity contribution < 1.29 is 5.11 Å². The molecule has 0 bridgehead atoms. The van der Waals surface area contributed by atoms with Gasteiger partial charge in [0, 0.05) is 18.1 Å². The zero-order chi connectivity index (χ0) is 14.4. The molecule has 0 amide bonds. The molecule has 112 valence electrons. The second-order valence-electron chi connectivity index (χ2n) is 5.85. The van der Waals surface area contributed by atoms with Crippen molar-refractivity contribution >= 4 is 11.6 Å². The van der Waals surface area contributed by atoms with Crippen molar-refractivity contribution in [2.45, 2.75) is 32.4 Å². The zero-order valence-electron chi connectivity index (χ0n) is 12.2. The lowest BCUT2D eigenvalue weighted by Gasteiger charge is -2.32. The molecule has 2 rings (SSSR count). The van der Waals surface area contributed by atoms with E-state index < -0.39 is 0 Å². The van der Waals surface area contributed by atoms with Gasteiger partial charge in [0.05, 0.1) is 6.10 Å². The fourth-order valence-electron chi connectivity index (χ4n) is 2.77. The van der Waals surface area contributed by atoms with E-state index in [0.29, 0.717) is 0 Å². The molecule has 0 aromatic heterocycles. The number of nitrogens with zero attached hydrogens (tertiary/aromatic N) is 1. The van der Waals surface area contributed by atoms with Crippen molar-refractivity contribution in [2.24, 2.45) is 5.92 Å². The number of aliphatic hydroxyl groups is 1. The standard InChI is InChI=1S/C16H25ClN2O/c1-13(20)12-19-8-6-15(7-9-19)11-18-10-14-2-4-16(17)5-3-14/h2-5,13,15,18,20H,6-12H2,1H3/t13-/m0/s1. The van der Waals surface area contributed by atoms with Crippen LogP contribution in [0.25, 0.3) is 0 Å². The van der Waals surface area contributed by atoms with Crippen LogP contribution >= 0.6 is 11.6 Å². The molecule has 0 unspecified atom stereocenters. The minimum atomic E-state index is -0.213. The van der Waals surface area contributed by atoms with Crippen LogP contribution in [0, 0.1) is 5.92 Å². The number of benzene rings is 1. The molecule has 1 aromatic carbocycles. The van der Waals surface area contributed by atoms with Crippen LogP contribution in [-0.2, 0) is 6.54 Å². The van der Waals surface area contributed by atoms with Crippen LogP contribution in [0.15, 0.2) is 24.3 Å². The molecular weight excluding hydrogens is 272 g/mol. The molecule has 0 aliphatic carbocycles. The van der Waals surface area contributed by atoms with Crippen LogP contribution in [0.1, 0.15) is 25.3 Å². The molecule has 1 aliphatic rings. The maximum absolute atomic E-state index is 9.39. The third-order valence-corrected chi connectivity index (χ3v) is 4.16. The molecule has 20 heavy (non-hydrogen) atoms. The summed E-state index contributed by atoms with van der Waals surface area (Å²) in [5.41, 5.74) is 1.28. The third kappa shape index (κ3) is 5.41. The average Bonchev–Trinajstić information content (AvgIpc) is 2.42. The number of hydrogen-bond donors (Lipinski definition) is 2. The molecule has 1 fully saturated rings. The molecule has 1 aliphatic heterocycles. The molecule has 2 N–H and O–H groups in total. The first kappa shape index (κ1) is 15.8. The Balaban J connectivity index is 1.62. The molecule has 1 atom stereocenters. The summed E-state index contributed by atoms with van der Waals surface area (Å²) in [7, 11) is 0. The Bertz CT molecular complexity index is 386. The third-order valence-electron chi connectivity index (χ3n) is 3.90. The number of halogens is 1. The number of rotatable bonds is 6. The summed E-state index contributed by atoms with van der Waals surface area (Å²) in [6, 6.07) is 8.02. The smallest absolute Gasteiger partial charge is 0.0639 e. The van der Waals surface area contributed by atoms with Gasteiger partial charge in [-0.2, -0.15) is 0 Å². The van der Waals surface area contributed by atoms with E-state index in [1.54, 1.807) is 0 Å². The lowest BCUT2D eigenvalue weighted by molar-refractivity contribution is 0.0998. The van der Waals surface area contributed by atoms with Gasteiger partial charge in [-0.1, -0.05) is 23.7 Å². The average molecular weight is 297 g/mol. The summed E-state index contributed by atoms with van der Waals surface area (Å²) < 4.78 is 0. The number of piperidine rings is 1. The van der Waals surface area contributed by atoms with Crippen molar-refractivity contribution in [3.05, 3.63) is 34.9 Å². The summed E-state index contributed by atoms with van der Waals surface area (Å²) in [4.78, 5) is 2.36. The monoisotopic (exact) mass is 296 g/mol. The summed E-state index contributed by atoms with van der Waals surface area (Å²) in [6.45, 7) is 6.87. The Morgan fingerprint density at radius 3 is 2.55 bits per heavy atom. The first-order chi connectivity index (χ1) is 9.63. The van der Waals surface area contributed by atoms with E-state index in [1.807, 2.05) is 19.1 Å². The van der Waals surface area contributed by atoms with Crippen LogP contribution in [0.5, 0.6) is 0 Å². The summed E-state index contributed by atoms with van der Waals surface area (Å²) in [5.74, 6) is 0.757. The van der Waals surface area contributed by atoms with Gasteiger partial charge < -0.3 is 15.3 Å². The van der Waals surface area contributed by atoms with E-state index in [-0.39, 0.29) is 6.10 Å². The lowest BCUT2D eigenvalue weighted by atomic mass is 9.96. The second-order valence-corrected chi connectivity index (χ2v) is 6.29. The van der Waals surface area contributed by atoms with E-state index in [1.165, 1.54) is 18.4 Å². The minimum Gasteiger partial charge on any atom is -0.392 e. The molecule has 1 aromatic rings. The maximum Gasteiger partial charge on any atom is 0.0639 e. The first-order valence-electron chi connectivity index (χ1n) is 7.49. The highest BCUT2D eigenvalue weighted by Gasteiger charge is 2.19. The van der Waals surface area contributed by atoms with Gasteiger partial charge in [0.2, 0.25) is 0 Å². The topological polar surface area (TPSA) is 35.5 Å². The van der Waals surface area contributed by atoms with Gasteiger partial charge in [0.1, 0.15) is 0 Å². The predicted molar refractivity (Wildman–Crippen MR) is 84.0 cm³/mol. The fourth-order valence-corrected chi connectivity index (χ4v) is 2.90. The zero-order valence-corrected chi connectivity index (χ0v) is 12.9. The second kappa shape index (κ2) is 7.99. The number of likely N-dealkylation sites (tertiary alicyclic amines) is 1. The van der Waals surface area contributed by atoms with E-state index in [4.69, 9.17) is 11.6 Å². The largest absolute Gasteiger partial charge is 0.392 e. The van der Waals surface area contributed by atoms with E-state index >= 15 is 0 Å². The highest BCUT2D eigenvalue weighted by molar-refractivity contribution is 6.30. The molecule has 0 saturated carbocycles. The Morgan fingerprint density at radius 1 is 1.30 bits per heavy atom. The van der Waals surface area contributed by atoms with Gasteiger partial charge in [0.25, 0.3) is 0 Å². The lowest BCUT2D eigenvalue weighted by Crippen LogP contribution is -2.40. The number of β-amino-alcohol motifs (C(OH)–C–C–N with tert-alkyl or cyclic N) is 1. The number of aliphatic hydroxyl groups excluding tert-OH is 1. The molecule has 3 nitrogen and oxygen atoms in total. The Labute approximate surface area is 126 Å². The highest BCUT2D eigenvalue weighted by Crippen LogP contribution is 2.17. The van der Waals surface area contributed by atoms with Gasteiger partial charge in [0.15, 0.2) is 0 Å². The maximum atomic E-state index is 9.39. The van der Waals surface area contributed by atoms with Gasteiger partial charge in [-0.25, -0.2) is 0 Å². The number of hydrogen-bond acceptors (Lipinski definition) is 3. The fraction of sp³-hybridized carbons (Fsp3) is 0.625. The van der Waals surface area contributed by atoms with Crippen LogP contribution in [0.3, 0.4) is 0 Å². The molecule has 0 spiro atoms. The molecule has 1 heterocycles. The van der Waals surface area contributed by atoms with Crippen LogP contribution in [-0.4, -0.2) is 42.3 Å². The first-order valence-corrected chi connectivity index (χ1v) is 7.87. The Morgan fingerprint density at radius 2 is 1.95 bits per heavy atom. The minimum absolute atomic E-state index is 0.213. The number of nitrogens with one attached hydrogen (secondary N) is 1. The van der Waals surface area contributed by atoms with Gasteiger partial charge in [-0.3, -0.25) is 0 Å². The van der Waals surface area contributed by atoms with Crippen LogP contribution in [0.2, 0.25) is 5.02 Å². The SMILES string of the molecule is C[C@H](O)CN1CCC(CNCc2ccc(Cl)cc2)CC1. The Hall–Kier alpha value is -0.610. The highest BCUT2D eigenvalue weighted by atomic mass is 35.5. The van der Waals surface area contributed by atoms with Crippen molar-refractivity contribution in [3.8, 4) is 0 Å². The van der Waals surface area contributed by atoms with Crippen LogP contribution < -0.4 is 5.32 Å². The van der Waals surface area contributed by atoms with Crippen molar-refractivity contribution in [1.29, 1.82) is 0 Å². The molecule has 4 heteroatoms. The summed E-state index contributed by atoms with van der Waals surface area (Å²) >= 11 is 5.87.